The Labute approximate surface area is 124 Å². The van der Waals surface area contributed by atoms with Gasteiger partial charge in [0.25, 0.3) is 0 Å². The van der Waals surface area contributed by atoms with Crippen molar-refractivity contribution in [2.24, 2.45) is 18.7 Å². The van der Waals surface area contributed by atoms with Crippen molar-refractivity contribution in [3.8, 4) is 17.1 Å². The highest BCUT2D eigenvalue weighted by atomic mass is 16.5. The second kappa shape index (κ2) is 5.81. The number of nitrogens with two attached hydrogens (primary N) is 1. The molecule has 2 aromatic rings. The average Bonchev–Trinajstić information content (AvgIpc) is 2.79. The highest BCUT2D eigenvalue weighted by Gasteiger charge is 2.19. The fraction of sp³-hybridized carbons (Fsp3) is 0.533. The molecule has 0 unspecified atom stereocenters. The van der Waals surface area contributed by atoms with Gasteiger partial charge >= 0.3 is 0 Å². The maximum absolute atomic E-state index is 5.86. The molecular weight excluding hydrogens is 266 g/mol. The summed E-state index contributed by atoms with van der Waals surface area (Å²) < 4.78 is 7.55. The predicted octanol–water partition coefficient (Wildman–Crippen LogP) is 1.82. The molecule has 6 nitrogen and oxygen atoms in total. The van der Waals surface area contributed by atoms with Crippen LogP contribution in [0.1, 0.15) is 30.7 Å². The largest absolute Gasteiger partial charge is 0.491 e. The van der Waals surface area contributed by atoms with E-state index >= 15 is 0 Å². The first-order valence-corrected chi connectivity index (χ1v) is 7.38. The van der Waals surface area contributed by atoms with Crippen LogP contribution in [0.4, 0.5) is 0 Å². The average molecular weight is 287 g/mol. The first kappa shape index (κ1) is 14.0. The summed E-state index contributed by atoms with van der Waals surface area (Å²) in [4.78, 5) is 4.59. The molecule has 0 amide bonds. The third-order valence-corrected chi connectivity index (χ3v) is 4.12. The quantitative estimate of drug-likeness (QED) is 0.907. The number of ether oxygens (including phenoxy) is 1. The minimum Gasteiger partial charge on any atom is -0.491 e. The monoisotopic (exact) mass is 287 g/mol. The summed E-state index contributed by atoms with van der Waals surface area (Å²) >= 11 is 0. The van der Waals surface area contributed by atoms with E-state index in [0.717, 1.165) is 35.1 Å². The smallest absolute Gasteiger partial charge is 0.140 e. The SMILES string of the molecule is Cc1nc(-c2nnn(C)c2CN)ccc1OCC1CCC1. The van der Waals surface area contributed by atoms with Gasteiger partial charge in [-0.05, 0) is 37.8 Å². The van der Waals surface area contributed by atoms with Gasteiger partial charge in [-0.2, -0.15) is 0 Å². The van der Waals surface area contributed by atoms with E-state index in [1.807, 2.05) is 26.1 Å². The molecule has 1 aliphatic carbocycles. The molecule has 0 aliphatic heterocycles. The lowest BCUT2D eigenvalue weighted by Crippen LogP contribution is -2.19. The maximum Gasteiger partial charge on any atom is 0.140 e. The second-order valence-electron chi connectivity index (χ2n) is 5.60. The molecule has 0 spiro atoms. The first-order valence-electron chi connectivity index (χ1n) is 7.38. The standard InChI is InChI=1S/C15H21N5O/c1-10-14(21-9-11-4-3-5-11)7-6-12(17-10)15-13(8-16)20(2)19-18-15/h6-7,11H,3-5,8-9,16H2,1-2H3. The Morgan fingerprint density at radius 2 is 2.19 bits per heavy atom. The summed E-state index contributed by atoms with van der Waals surface area (Å²) in [5.74, 6) is 1.57. The van der Waals surface area contributed by atoms with Gasteiger partial charge in [-0.3, -0.25) is 4.68 Å². The van der Waals surface area contributed by atoms with E-state index in [-0.39, 0.29) is 0 Å². The fourth-order valence-electron chi connectivity index (χ4n) is 2.50. The van der Waals surface area contributed by atoms with Gasteiger partial charge in [0.05, 0.1) is 23.7 Å². The minimum atomic E-state index is 0.388. The first-order chi connectivity index (χ1) is 10.2. The molecule has 21 heavy (non-hydrogen) atoms. The Morgan fingerprint density at radius 3 is 2.81 bits per heavy atom. The summed E-state index contributed by atoms with van der Waals surface area (Å²) in [5.41, 5.74) is 9.04. The topological polar surface area (TPSA) is 78.9 Å². The molecule has 0 radical (unpaired) electrons. The van der Waals surface area contributed by atoms with Gasteiger partial charge in [0, 0.05) is 13.6 Å². The molecule has 1 aliphatic rings. The third-order valence-electron chi connectivity index (χ3n) is 4.12. The molecule has 6 heteroatoms. The summed E-state index contributed by atoms with van der Waals surface area (Å²) in [5, 5.41) is 8.16. The third kappa shape index (κ3) is 2.76. The van der Waals surface area contributed by atoms with Crippen molar-refractivity contribution < 1.29 is 4.74 Å². The lowest BCUT2D eigenvalue weighted by atomic mass is 9.86. The van der Waals surface area contributed by atoms with Crippen LogP contribution in [0.15, 0.2) is 12.1 Å². The number of aryl methyl sites for hydroxylation is 2. The van der Waals surface area contributed by atoms with E-state index in [9.17, 15) is 0 Å². The van der Waals surface area contributed by atoms with Crippen LogP contribution in [0.2, 0.25) is 0 Å². The van der Waals surface area contributed by atoms with Crippen LogP contribution in [0, 0.1) is 12.8 Å². The van der Waals surface area contributed by atoms with Gasteiger partial charge < -0.3 is 10.5 Å². The number of hydrogen-bond donors (Lipinski definition) is 1. The highest BCUT2D eigenvalue weighted by Crippen LogP contribution is 2.28. The molecular formula is C15H21N5O. The highest BCUT2D eigenvalue weighted by molar-refractivity contribution is 5.58. The van der Waals surface area contributed by atoms with Gasteiger partial charge in [0.1, 0.15) is 11.4 Å². The molecule has 1 saturated carbocycles. The Hall–Kier alpha value is -1.95. The van der Waals surface area contributed by atoms with Gasteiger partial charge in [0.2, 0.25) is 0 Å². The van der Waals surface area contributed by atoms with Crippen LogP contribution >= 0.6 is 0 Å². The number of rotatable bonds is 5. The molecule has 3 rings (SSSR count). The van der Waals surface area contributed by atoms with Crippen LogP contribution in [-0.2, 0) is 13.6 Å². The fourth-order valence-corrected chi connectivity index (χ4v) is 2.50. The van der Waals surface area contributed by atoms with Crippen LogP contribution in [0.25, 0.3) is 11.4 Å². The van der Waals surface area contributed by atoms with E-state index in [0.29, 0.717) is 12.5 Å². The van der Waals surface area contributed by atoms with Crippen molar-refractivity contribution in [2.45, 2.75) is 32.7 Å². The second-order valence-corrected chi connectivity index (χ2v) is 5.60. The predicted molar refractivity (Wildman–Crippen MR) is 79.7 cm³/mol. The zero-order valence-corrected chi connectivity index (χ0v) is 12.5. The van der Waals surface area contributed by atoms with Gasteiger partial charge in [-0.25, -0.2) is 4.98 Å². The van der Waals surface area contributed by atoms with Crippen LogP contribution in [-0.4, -0.2) is 26.6 Å². The van der Waals surface area contributed by atoms with E-state index in [1.54, 1.807) is 4.68 Å². The zero-order valence-electron chi connectivity index (χ0n) is 12.5. The van der Waals surface area contributed by atoms with Crippen molar-refractivity contribution in [2.75, 3.05) is 6.61 Å². The molecule has 2 N–H and O–H groups in total. The molecule has 1 fully saturated rings. The van der Waals surface area contributed by atoms with Crippen LogP contribution in [0.5, 0.6) is 5.75 Å². The maximum atomic E-state index is 5.86. The van der Waals surface area contributed by atoms with E-state index < -0.39 is 0 Å². The molecule has 0 aromatic carbocycles. The van der Waals surface area contributed by atoms with Crippen LogP contribution < -0.4 is 10.5 Å². The van der Waals surface area contributed by atoms with Crippen LogP contribution in [0.3, 0.4) is 0 Å². The van der Waals surface area contributed by atoms with E-state index in [2.05, 4.69) is 15.3 Å². The van der Waals surface area contributed by atoms with E-state index in [4.69, 9.17) is 10.5 Å². The Kier molecular flexibility index (Phi) is 3.88. The molecule has 0 bridgehead atoms. The molecule has 2 aromatic heterocycles. The summed E-state index contributed by atoms with van der Waals surface area (Å²) in [6.07, 6.45) is 3.90. The van der Waals surface area contributed by atoms with Crippen molar-refractivity contribution in [3.05, 3.63) is 23.5 Å². The molecule has 0 saturated heterocycles. The number of nitrogens with zero attached hydrogens (tertiary/aromatic N) is 4. The number of pyridine rings is 1. The Morgan fingerprint density at radius 1 is 1.38 bits per heavy atom. The molecule has 112 valence electrons. The summed E-state index contributed by atoms with van der Waals surface area (Å²) in [7, 11) is 1.83. The summed E-state index contributed by atoms with van der Waals surface area (Å²) in [6.45, 7) is 3.14. The van der Waals surface area contributed by atoms with Crippen molar-refractivity contribution in [1.82, 2.24) is 20.0 Å². The van der Waals surface area contributed by atoms with Crippen molar-refractivity contribution in [1.29, 1.82) is 0 Å². The summed E-state index contributed by atoms with van der Waals surface area (Å²) in [6, 6.07) is 3.89. The van der Waals surface area contributed by atoms with Crippen molar-refractivity contribution in [3.63, 3.8) is 0 Å². The number of aromatic nitrogens is 4. The zero-order chi connectivity index (χ0) is 14.8. The normalized spacial score (nSPS) is 15.0. The van der Waals surface area contributed by atoms with E-state index in [1.165, 1.54) is 19.3 Å². The lowest BCUT2D eigenvalue weighted by molar-refractivity contribution is 0.179. The Bertz CT molecular complexity index is 633. The minimum absolute atomic E-state index is 0.388. The van der Waals surface area contributed by atoms with Gasteiger partial charge in [-0.15, -0.1) is 5.10 Å². The van der Waals surface area contributed by atoms with Gasteiger partial charge in [-0.1, -0.05) is 11.6 Å². The molecule has 0 atom stereocenters. The molecule has 2 heterocycles. The Balaban J connectivity index is 1.79. The number of hydrogen-bond acceptors (Lipinski definition) is 5. The van der Waals surface area contributed by atoms with Gasteiger partial charge in [0.15, 0.2) is 0 Å². The lowest BCUT2D eigenvalue weighted by Gasteiger charge is -2.25. The van der Waals surface area contributed by atoms with Crippen molar-refractivity contribution >= 4 is 0 Å².